The Kier molecular flexibility index (Phi) is 8.03. The highest BCUT2D eigenvalue weighted by Crippen LogP contribution is 2.55. The number of ether oxygens (including phenoxy) is 1. The monoisotopic (exact) mass is 632 g/mol. The maximum absolute atomic E-state index is 14.0. The van der Waals surface area contributed by atoms with Crippen LogP contribution in [0.1, 0.15) is 82.9 Å². The second-order valence-electron chi connectivity index (χ2n) is 13.6. The summed E-state index contributed by atoms with van der Waals surface area (Å²) in [6.07, 6.45) is 2.36. The number of carbonyl (C=O) groups is 3. The van der Waals surface area contributed by atoms with E-state index in [0.29, 0.717) is 36.3 Å². The standard InChI is InChI=1S/C35H41BrN2O4/c1-8-38-25-15-34(4,5)17-27(39)32(25)31(33-26(38)16-35(6,7)18-28(33)40)23-14-22(36)10-12-29(23)42-19-30(41)37-24-11-9-20(2)13-21(24)3/h9-14,31H,8,15-19H2,1-7H3,(H,37,41). The molecule has 1 N–H and O–H groups in total. The third kappa shape index (κ3) is 5.85. The van der Waals surface area contributed by atoms with E-state index in [9.17, 15) is 14.4 Å². The zero-order valence-electron chi connectivity index (χ0n) is 25.7. The minimum atomic E-state index is -0.542. The molecule has 0 saturated carbocycles. The van der Waals surface area contributed by atoms with Crippen molar-refractivity contribution in [3.63, 3.8) is 0 Å². The van der Waals surface area contributed by atoms with Crippen molar-refractivity contribution in [3.8, 4) is 5.75 Å². The molecule has 6 nitrogen and oxygen atoms in total. The molecule has 2 aliphatic carbocycles. The Bertz CT molecular complexity index is 1490. The number of allylic oxidation sites excluding steroid dienone is 4. The Hall–Kier alpha value is -3.19. The van der Waals surface area contributed by atoms with Crippen LogP contribution in [-0.4, -0.2) is 35.5 Å². The Morgan fingerprint density at radius 2 is 1.52 bits per heavy atom. The van der Waals surface area contributed by atoms with Crippen molar-refractivity contribution >= 4 is 39.1 Å². The minimum absolute atomic E-state index is 0.0763. The largest absolute Gasteiger partial charge is 0.483 e. The summed E-state index contributed by atoms with van der Waals surface area (Å²) in [7, 11) is 0. The summed E-state index contributed by atoms with van der Waals surface area (Å²) in [5.41, 5.74) is 6.67. The van der Waals surface area contributed by atoms with Crippen molar-refractivity contribution in [2.24, 2.45) is 10.8 Å². The van der Waals surface area contributed by atoms with E-state index in [2.05, 4.69) is 60.8 Å². The number of benzene rings is 2. The number of halogens is 1. The van der Waals surface area contributed by atoms with Gasteiger partial charge in [0.25, 0.3) is 5.91 Å². The van der Waals surface area contributed by atoms with E-state index in [-0.39, 0.29) is 34.9 Å². The van der Waals surface area contributed by atoms with E-state index >= 15 is 0 Å². The average Bonchev–Trinajstić information content (AvgIpc) is 2.87. The third-order valence-corrected chi connectivity index (χ3v) is 9.13. The SMILES string of the molecule is CCN1C2=C(C(=O)CC(C)(C)C2)C(c2cc(Br)ccc2OCC(=O)Nc2ccc(C)cc2C)C2=C1CC(C)(C)CC2=O. The molecular weight excluding hydrogens is 592 g/mol. The van der Waals surface area contributed by atoms with Gasteiger partial charge in [-0.15, -0.1) is 0 Å². The molecule has 1 aliphatic heterocycles. The quantitative estimate of drug-likeness (QED) is 0.352. The summed E-state index contributed by atoms with van der Waals surface area (Å²) in [5, 5.41) is 2.95. The van der Waals surface area contributed by atoms with Crippen LogP contribution in [0.25, 0.3) is 0 Å². The first-order valence-corrected chi connectivity index (χ1v) is 15.6. The predicted octanol–water partition coefficient (Wildman–Crippen LogP) is 7.79. The summed E-state index contributed by atoms with van der Waals surface area (Å²) >= 11 is 3.62. The Morgan fingerprint density at radius 1 is 0.929 bits per heavy atom. The Balaban J connectivity index is 1.58. The van der Waals surface area contributed by atoms with Crippen LogP contribution < -0.4 is 10.1 Å². The molecule has 0 bridgehead atoms. The molecule has 0 aromatic heterocycles. The number of aryl methyl sites for hydroxylation is 2. The number of nitrogens with one attached hydrogen (secondary N) is 1. The molecule has 1 heterocycles. The van der Waals surface area contributed by atoms with Gasteiger partial charge in [0, 0.05) is 63.6 Å². The smallest absolute Gasteiger partial charge is 0.262 e. The van der Waals surface area contributed by atoms with Crippen molar-refractivity contribution in [1.82, 2.24) is 4.90 Å². The maximum atomic E-state index is 14.0. The lowest BCUT2D eigenvalue weighted by Gasteiger charge is -2.49. The van der Waals surface area contributed by atoms with Gasteiger partial charge in [0.15, 0.2) is 18.2 Å². The van der Waals surface area contributed by atoms with Gasteiger partial charge in [0.2, 0.25) is 0 Å². The second kappa shape index (κ2) is 11.1. The van der Waals surface area contributed by atoms with Crippen molar-refractivity contribution in [3.05, 3.63) is 80.1 Å². The summed E-state index contributed by atoms with van der Waals surface area (Å²) < 4.78 is 7.01. The van der Waals surface area contributed by atoms with Crippen molar-refractivity contribution in [2.45, 2.75) is 80.1 Å². The molecule has 2 aromatic rings. The van der Waals surface area contributed by atoms with Crippen molar-refractivity contribution < 1.29 is 19.1 Å². The van der Waals surface area contributed by atoms with Crippen LogP contribution in [0.5, 0.6) is 5.75 Å². The molecule has 7 heteroatoms. The lowest BCUT2D eigenvalue weighted by atomic mass is 9.63. The van der Waals surface area contributed by atoms with Gasteiger partial charge in [-0.1, -0.05) is 61.3 Å². The molecule has 5 rings (SSSR count). The highest BCUT2D eigenvalue weighted by molar-refractivity contribution is 9.10. The van der Waals surface area contributed by atoms with Crippen LogP contribution >= 0.6 is 15.9 Å². The van der Waals surface area contributed by atoms with Gasteiger partial charge >= 0.3 is 0 Å². The highest BCUT2D eigenvalue weighted by atomic mass is 79.9. The number of amides is 1. The van der Waals surface area contributed by atoms with Crippen molar-refractivity contribution in [2.75, 3.05) is 18.5 Å². The van der Waals surface area contributed by atoms with E-state index in [1.807, 2.05) is 50.2 Å². The number of anilines is 1. The molecule has 0 atom stereocenters. The van der Waals surface area contributed by atoms with Crippen LogP contribution in [-0.2, 0) is 14.4 Å². The van der Waals surface area contributed by atoms with E-state index in [1.165, 1.54) is 0 Å². The number of hydrogen-bond acceptors (Lipinski definition) is 5. The van der Waals surface area contributed by atoms with Gasteiger partial charge in [-0.25, -0.2) is 0 Å². The molecule has 2 aromatic carbocycles. The van der Waals surface area contributed by atoms with Crippen molar-refractivity contribution in [1.29, 1.82) is 0 Å². The highest BCUT2D eigenvalue weighted by Gasteiger charge is 2.49. The number of ketones is 2. The molecule has 3 aliphatic rings. The summed E-state index contributed by atoms with van der Waals surface area (Å²) in [6, 6.07) is 11.5. The van der Waals surface area contributed by atoms with Crippen LogP contribution in [0.4, 0.5) is 5.69 Å². The molecule has 42 heavy (non-hydrogen) atoms. The molecule has 0 spiro atoms. The van der Waals surface area contributed by atoms with Gasteiger partial charge in [-0.2, -0.15) is 0 Å². The molecule has 0 unspecified atom stereocenters. The van der Waals surface area contributed by atoms with E-state index in [0.717, 1.165) is 51.1 Å². The fourth-order valence-electron chi connectivity index (χ4n) is 6.90. The van der Waals surface area contributed by atoms with Gasteiger partial charge < -0.3 is 15.0 Å². The van der Waals surface area contributed by atoms with Crippen LogP contribution in [0.2, 0.25) is 0 Å². The third-order valence-electron chi connectivity index (χ3n) is 8.64. The number of nitrogens with zero attached hydrogens (tertiary/aromatic N) is 1. The number of rotatable bonds is 6. The second-order valence-corrected chi connectivity index (χ2v) is 14.5. The van der Waals surface area contributed by atoms with Gasteiger partial charge in [-0.05, 0) is 74.3 Å². The van der Waals surface area contributed by atoms with Gasteiger partial charge in [0.1, 0.15) is 5.75 Å². The van der Waals surface area contributed by atoms with E-state index in [1.54, 1.807) is 0 Å². The number of hydrogen-bond donors (Lipinski definition) is 1. The first-order chi connectivity index (χ1) is 19.7. The normalized spacial score (nSPS) is 20.0. The fraction of sp³-hybridized carbons (Fsp3) is 0.457. The van der Waals surface area contributed by atoms with Crippen LogP contribution in [0.15, 0.2) is 63.4 Å². The molecule has 1 amide bonds. The zero-order valence-corrected chi connectivity index (χ0v) is 27.3. The Labute approximate surface area is 257 Å². The zero-order chi connectivity index (χ0) is 30.6. The molecule has 0 radical (unpaired) electrons. The Morgan fingerprint density at radius 3 is 2.07 bits per heavy atom. The lowest BCUT2D eigenvalue weighted by Crippen LogP contribution is -2.44. The number of carbonyl (C=O) groups excluding carboxylic acids is 3. The molecule has 222 valence electrons. The van der Waals surface area contributed by atoms with Crippen LogP contribution in [0.3, 0.4) is 0 Å². The predicted molar refractivity (Wildman–Crippen MR) is 169 cm³/mol. The topological polar surface area (TPSA) is 75.7 Å². The molecule has 0 saturated heterocycles. The fourth-order valence-corrected chi connectivity index (χ4v) is 7.28. The van der Waals surface area contributed by atoms with Gasteiger partial charge in [-0.3, -0.25) is 14.4 Å². The molecular formula is C35H41BrN2O4. The molecule has 0 fully saturated rings. The minimum Gasteiger partial charge on any atom is -0.483 e. The first kappa shape index (κ1) is 30.3. The maximum Gasteiger partial charge on any atom is 0.262 e. The van der Waals surface area contributed by atoms with E-state index in [4.69, 9.17) is 4.74 Å². The first-order valence-electron chi connectivity index (χ1n) is 14.8. The average molecular weight is 634 g/mol. The lowest BCUT2D eigenvalue weighted by molar-refractivity contribution is -0.120. The van der Waals surface area contributed by atoms with Crippen LogP contribution in [0, 0.1) is 24.7 Å². The summed E-state index contributed by atoms with van der Waals surface area (Å²) in [4.78, 5) is 43.2. The summed E-state index contributed by atoms with van der Waals surface area (Å²) in [5.74, 6) is -0.167. The summed E-state index contributed by atoms with van der Waals surface area (Å²) in [6.45, 7) is 15.1. The van der Waals surface area contributed by atoms with E-state index < -0.39 is 5.92 Å². The number of Topliss-reactive ketones (excluding diaryl/α,β-unsaturated/α-hetero) is 2. The van der Waals surface area contributed by atoms with Gasteiger partial charge in [0.05, 0.1) is 0 Å².